The topological polar surface area (TPSA) is 49.9 Å². The van der Waals surface area contributed by atoms with Gasteiger partial charge in [-0.05, 0) is 43.5 Å². The van der Waals surface area contributed by atoms with Crippen molar-refractivity contribution in [2.45, 2.75) is 31.4 Å². The highest BCUT2D eigenvalue weighted by molar-refractivity contribution is 7.66. The lowest BCUT2D eigenvalue weighted by Crippen LogP contribution is -2.04. The maximum absolute atomic E-state index is 11.3. The molecule has 1 aromatic heterocycles. The van der Waals surface area contributed by atoms with Gasteiger partial charge in [0.25, 0.3) is 0 Å². The van der Waals surface area contributed by atoms with Crippen molar-refractivity contribution in [2.24, 2.45) is 0 Å². The van der Waals surface area contributed by atoms with E-state index in [2.05, 4.69) is 4.98 Å². The minimum absolute atomic E-state index is 0.128. The van der Waals surface area contributed by atoms with E-state index in [9.17, 15) is 9.00 Å². The molecule has 0 saturated heterocycles. The van der Waals surface area contributed by atoms with E-state index < -0.39 is 0 Å². The molecule has 0 spiro atoms. The minimum atomic E-state index is -0.128. The van der Waals surface area contributed by atoms with Gasteiger partial charge in [0, 0.05) is 27.1 Å². The summed E-state index contributed by atoms with van der Waals surface area (Å²) in [5.41, 5.74) is 1.75. The van der Waals surface area contributed by atoms with E-state index in [1.807, 2.05) is 19.1 Å². The van der Waals surface area contributed by atoms with Gasteiger partial charge in [-0.25, -0.2) is 0 Å². The van der Waals surface area contributed by atoms with Crippen LogP contribution in [0.25, 0.3) is 10.9 Å². The van der Waals surface area contributed by atoms with Gasteiger partial charge >= 0.3 is 11.7 Å². The van der Waals surface area contributed by atoms with Crippen LogP contribution in [0.15, 0.2) is 29.1 Å². The lowest BCUT2D eigenvalue weighted by Gasteiger charge is -2.07. The van der Waals surface area contributed by atoms with Gasteiger partial charge in [-0.2, -0.15) is 0 Å². The van der Waals surface area contributed by atoms with E-state index in [0.29, 0.717) is 16.7 Å². The molecule has 0 saturated carbocycles. The molecule has 1 atom stereocenters. The van der Waals surface area contributed by atoms with Crippen LogP contribution in [-0.2, 0) is 22.3 Å². The van der Waals surface area contributed by atoms with Crippen LogP contribution in [-0.4, -0.2) is 10.2 Å². The molecular formula is C14H15ClNO2S+. The molecule has 0 bridgehead atoms. The van der Waals surface area contributed by atoms with Gasteiger partial charge in [-0.15, -0.1) is 0 Å². The van der Waals surface area contributed by atoms with E-state index in [1.54, 1.807) is 6.07 Å². The van der Waals surface area contributed by atoms with Crippen molar-refractivity contribution >= 4 is 34.2 Å². The number of halogens is 1. The molecule has 0 aliphatic heterocycles. The third-order valence-corrected chi connectivity index (χ3v) is 3.89. The number of fused-ring (bicyclic) bond motifs is 1. The molecule has 19 heavy (non-hydrogen) atoms. The Morgan fingerprint density at radius 3 is 2.89 bits per heavy atom. The standard InChI is InChI=1S/C14H14ClNO2S/c1-9(19-18)3-2-4-10-7-11(15)8-13-12(10)5-6-14(17)16-13/h5-9H,2-4H2,1H3/p+1/t9-/m1/s1. The van der Waals surface area contributed by atoms with Crippen LogP contribution < -0.4 is 5.56 Å². The Bertz CT molecular complexity index is 653. The number of aryl methyl sites for hydroxylation is 1. The maximum Gasteiger partial charge on any atom is 0.461 e. The molecule has 2 rings (SSSR count). The highest BCUT2D eigenvalue weighted by Gasteiger charge is 2.13. The average molecular weight is 297 g/mol. The smallest absolute Gasteiger partial charge is 0.322 e. The van der Waals surface area contributed by atoms with Crippen LogP contribution in [0.5, 0.6) is 0 Å². The maximum atomic E-state index is 11.3. The van der Waals surface area contributed by atoms with E-state index in [4.69, 9.17) is 11.6 Å². The summed E-state index contributed by atoms with van der Waals surface area (Å²) >= 11 is 6.71. The number of aromatic amines is 1. The number of benzene rings is 1. The summed E-state index contributed by atoms with van der Waals surface area (Å²) < 4.78 is 10.6. The van der Waals surface area contributed by atoms with Crippen molar-refractivity contribution in [3.8, 4) is 0 Å². The second-order valence-corrected chi connectivity index (χ2v) is 6.08. The Morgan fingerprint density at radius 1 is 1.37 bits per heavy atom. The number of hydrogen-bond acceptors (Lipinski definition) is 2. The van der Waals surface area contributed by atoms with E-state index in [-0.39, 0.29) is 10.8 Å². The van der Waals surface area contributed by atoms with Crippen LogP contribution in [0.2, 0.25) is 5.02 Å². The van der Waals surface area contributed by atoms with Gasteiger partial charge in [-0.1, -0.05) is 11.6 Å². The van der Waals surface area contributed by atoms with Crippen LogP contribution in [0, 0.1) is 0 Å². The summed E-state index contributed by atoms with van der Waals surface area (Å²) in [4.78, 5) is 14.1. The summed E-state index contributed by atoms with van der Waals surface area (Å²) in [5, 5.41) is 1.77. The van der Waals surface area contributed by atoms with Crippen molar-refractivity contribution in [3.63, 3.8) is 0 Å². The molecule has 3 nitrogen and oxygen atoms in total. The molecule has 100 valence electrons. The summed E-state index contributed by atoms with van der Waals surface area (Å²) in [6.07, 6.45) is 2.67. The van der Waals surface area contributed by atoms with Crippen molar-refractivity contribution < 1.29 is 4.21 Å². The van der Waals surface area contributed by atoms with Crippen molar-refractivity contribution in [2.75, 3.05) is 0 Å². The highest BCUT2D eigenvalue weighted by atomic mass is 35.5. The molecule has 0 radical (unpaired) electrons. The molecule has 0 amide bonds. The number of pyridine rings is 1. The average Bonchev–Trinajstić information content (AvgIpc) is 2.37. The summed E-state index contributed by atoms with van der Waals surface area (Å²) in [7, 11) is 0. The van der Waals surface area contributed by atoms with Crippen molar-refractivity contribution in [3.05, 3.63) is 45.2 Å². The second-order valence-electron chi connectivity index (χ2n) is 4.65. The zero-order chi connectivity index (χ0) is 13.8. The fourth-order valence-corrected chi connectivity index (χ4v) is 2.65. The number of rotatable bonds is 5. The van der Waals surface area contributed by atoms with Crippen molar-refractivity contribution in [1.29, 1.82) is 0 Å². The van der Waals surface area contributed by atoms with Gasteiger partial charge in [0.15, 0.2) is 0 Å². The Kier molecular flexibility index (Phi) is 4.66. The molecule has 0 fully saturated rings. The SMILES string of the molecule is C[C@H](CCCc1cc(Cl)cc2[nH]c(=O)ccc12)[S+]=O. The molecule has 1 aromatic carbocycles. The van der Waals surface area contributed by atoms with Gasteiger partial charge in [0.05, 0.1) is 5.52 Å². The first-order chi connectivity index (χ1) is 9.10. The summed E-state index contributed by atoms with van der Waals surface area (Å²) in [6, 6.07) is 7.04. The largest absolute Gasteiger partial charge is 0.461 e. The first kappa shape index (κ1) is 14.2. The molecule has 0 aliphatic rings. The summed E-state index contributed by atoms with van der Waals surface area (Å²) in [6.45, 7) is 1.94. The fourth-order valence-electron chi connectivity index (χ4n) is 2.14. The summed E-state index contributed by atoms with van der Waals surface area (Å²) in [5.74, 6) is 0. The third kappa shape index (κ3) is 3.61. The van der Waals surface area contributed by atoms with E-state index >= 15 is 0 Å². The lowest BCUT2D eigenvalue weighted by molar-refractivity contribution is 0.593. The minimum Gasteiger partial charge on any atom is -0.322 e. The molecular weight excluding hydrogens is 282 g/mol. The number of H-pyrrole nitrogens is 1. The monoisotopic (exact) mass is 296 g/mol. The van der Waals surface area contributed by atoms with Crippen LogP contribution in [0.1, 0.15) is 25.3 Å². The predicted octanol–water partition coefficient (Wildman–Crippen LogP) is 3.32. The van der Waals surface area contributed by atoms with Crippen LogP contribution >= 0.6 is 11.6 Å². The van der Waals surface area contributed by atoms with Gasteiger partial charge in [-0.3, -0.25) is 4.79 Å². The predicted molar refractivity (Wildman–Crippen MR) is 80.0 cm³/mol. The van der Waals surface area contributed by atoms with E-state index in [1.165, 1.54) is 6.07 Å². The molecule has 0 aliphatic carbocycles. The van der Waals surface area contributed by atoms with Gasteiger partial charge < -0.3 is 4.98 Å². The fraction of sp³-hybridized carbons (Fsp3) is 0.357. The number of aromatic nitrogens is 1. The van der Waals surface area contributed by atoms with Crippen LogP contribution in [0.3, 0.4) is 0 Å². The molecule has 2 aromatic rings. The second kappa shape index (κ2) is 6.26. The normalized spacial score (nSPS) is 12.5. The Morgan fingerprint density at radius 2 is 2.16 bits per heavy atom. The molecule has 0 unspecified atom stereocenters. The zero-order valence-corrected chi connectivity index (χ0v) is 12.2. The Hall–Kier alpha value is -1.26. The van der Waals surface area contributed by atoms with E-state index in [0.717, 1.165) is 35.7 Å². The Labute approximate surface area is 120 Å². The molecule has 5 heteroatoms. The van der Waals surface area contributed by atoms with Crippen molar-refractivity contribution in [1.82, 2.24) is 4.98 Å². The molecule has 1 heterocycles. The van der Waals surface area contributed by atoms with Crippen LogP contribution in [0.4, 0.5) is 0 Å². The third-order valence-electron chi connectivity index (χ3n) is 3.11. The Balaban J connectivity index is 2.27. The highest BCUT2D eigenvalue weighted by Crippen LogP contribution is 2.23. The first-order valence-corrected chi connectivity index (χ1v) is 7.38. The first-order valence-electron chi connectivity index (χ1n) is 6.20. The lowest BCUT2D eigenvalue weighted by atomic mass is 10.0. The van der Waals surface area contributed by atoms with Gasteiger partial charge in [0.1, 0.15) is 0 Å². The quantitative estimate of drug-likeness (QED) is 0.861. The van der Waals surface area contributed by atoms with Gasteiger partial charge in [0.2, 0.25) is 10.8 Å². The number of nitrogens with one attached hydrogen (secondary N) is 1. The number of hydrogen-bond donors (Lipinski definition) is 1. The molecule has 1 N–H and O–H groups in total. The zero-order valence-electron chi connectivity index (χ0n) is 10.6.